The van der Waals surface area contributed by atoms with Gasteiger partial charge in [-0.3, -0.25) is 19.3 Å². The molecule has 1 atom stereocenters. The van der Waals surface area contributed by atoms with Crippen LogP contribution in [0.15, 0.2) is 53.5 Å². The fraction of sp³-hybridized carbons (Fsp3) is 0.281. The topological polar surface area (TPSA) is 127 Å². The van der Waals surface area contributed by atoms with Gasteiger partial charge in [-0.25, -0.2) is 14.1 Å². The number of nitrogens with zero attached hydrogens (tertiary/aromatic N) is 4. The lowest BCUT2D eigenvalue weighted by Gasteiger charge is -2.41. The van der Waals surface area contributed by atoms with Crippen LogP contribution in [0, 0.1) is 18.7 Å². The van der Waals surface area contributed by atoms with Crippen molar-refractivity contribution in [3.63, 3.8) is 0 Å². The number of aliphatic carboxylic acids is 1. The molecule has 1 saturated heterocycles. The quantitative estimate of drug-likeness (QED) is 0.301. The van der Waals surface area contributed by atoms with Crippen LogP contribution in [0.1, 0.15) is 39.5 Å². The highest BCUT2D eigenvalue weighted by molar-refractivity contribution is 6.36. The number of likely N-dealkylation sites (tertiary alicyclic amines) is 1. The van der Waals surface area contributed by atoms with E-state index in [1.54, 1.807) is 32.2 Å². The summed E-state index contributed by atoms with van der Waals surface area (Å²) in [6.45, 7) is 2.65. The molecule has 1 fully saturated rings. The molecule has 44 heavy (non-hydrogen) atoms. The SMILES string of the molecule is COc1nc(-c2cccc(-c3c(F)ccc(NC(=O)c4ccnn(C)c4=O)c3C)c2Cl)cc2c1C(N1CC(C(=O)O)C1)CC2. The van der Waals surface area contributed by atoms with Crippen LogP contribution in [-0.2, 0) is 18.3 Å². The summed E-state index contributed by atoms with van der Waals surface area (Å²) >= 11 is 6.97. The normalized spacial score (nSPS) is 16.3. The summed E-state index contributed by atoms with van der Waals surface area (Å²) < 4.78 is 22.2. The monoisotopic (exact) mass is 617 g/mol. The van der Waals surface area contributed by atoms with E-state index in [9.17, 15) is 19.5 Å². The number of carboxylic acid groups (broad SMARTS) is 1. The molecule has 1 amide bonds. The van der Waals surface area contributed by atoms with Gasteiger partial charge in [-0.2, -0.15) is 5.10 Å². The Hall–Kier alpha value is -4.61. The lowest BCUT2D eigenvalue weighted by molar-refractivity contribution is -0.148. The molecule has 2 aromatic carbocycles. The van der Waals surface area contributed by atoms with Gasteiger partial charge in [0.25, 0.3) is 11.5 Å². The van der Waals surface area contributed by atoms with E-state index >= 15 is 4.39 Å². The van der Waals surface area contributed by atoms with E-state index in [4.69, 9.17) is 21.3 Å². The lowest BCUT2D eigenvalue weighted by Crippen LogP contribution is -2.51. The summed E-state index contributed by atoms with van der Waals surface area (Å²) in [4.78, 5) is 43.6. The average molecular weight is 618 g/mol. The number of nitrogens with one attached hydrogen (secondary N) is 1. The molecule has 12 heteroatoms. The molecular formula is C32H29ClFN5O5. The summed E-state index contributed by atoms with van der Waals surface area (Å²) in [7, 11) is 3.00. The number of hydrogen-bond donors (Lipinski definition) is 2. The number of pyridine rings is 1. The van der Waals surface area contributed by atoms with Crippen molar-refractivity contribution in [1.82, 2.24) is 19.7 Å². The minimum absolute atomic E-state index is 0.0287. The number of carboxylic acids is 1. The van der Waals surface area contributed by atoms with E-state index in [1.807, 2.05) is 6.07 Å². The maximum Gasteiger partial charge on any atom is 0.309 e. The summed E-state index contributed by atoms with van der Waals surface area (Å²) in [5.41, 5.74) is 3.87. The van der Waals surface area contributed by atoms with E-state index < -0.39 is 23.3 Å². The smallest absolute Gasteiger partial charge is 0.309 e. The molecule has 1 aliphatic carbocycles. The number of carbonyl (C=O) groups excluding carboxylic acids is 1. The molecular weight excluding hydrogens is 589 g/mol. The van der Waals surface area contributed by atoms with Gasteiger partial charge in [0, 0.05) is 60.3 Å². The molecule has 6 rings (SSSR count). The first-order valence-electron chi connectivity index (χ1n) is 14.1. The van der Waals surface area contributed by atoms with Crippen molar-refractivity contribution in [1.29, 1.82) is 0 Å². The second-order valence-corrected chi connectivity index (χ2v) is 11.4. The van der Waals surface area contributed by atoms with Gasteiger partial charge in [0.1, 0.15) is 11.4 Å². The average Bonchev–Trinajstić information content (AvgIpc) is 3.39. The van der Waals surface area contributed by atoms with Gasteiger partial charge in [0.05, 0.1) is 23.7 Å². The maximum atomic E-state index is 15.4. The first-order chi connectivity index (χ1) is 21.1. The van der Waals surface area contributed by atoms with Gasteiger partial charge in [0.15, 0.2) is 0 Å². The standard InChI is InChI=1S/C32H29ClFN5O5/c1-16-23(36-29(40)21-11-12-35-38(2)31(21)41)9-8-22(34)26(16)20-6-4-5-19(28(20)33)24-13-17-7-10-25(27(17)30(37-24)44-3)39-14-18(15-39)32(42)43/h4-6,8-9,11-13,18,25H,7,10,14-15H2,1-3H3,(H,36,40)(H,42,43). The zero-order valence-electron chi connectivity index (χ0n) is 24.2. The zero-order chi connectivity index (χ0) is 31.3. The van der Waals surface area contributed by atoms with Crippen LogP contribution in [0.5, 0.6) is 5.88 Å². The maximum absolute atomic E-state index is 15.4. The summed E-state index contributed by atoms with van der Waals surface area (Å²) in [6.07, 6.45) is 2.95. The summed E-state index contributed by atoms with van der Waals surface area (Å²) in [5, 5.41) is 16.1. The highest BCUT2D eigenvalue weighted by Gasteiger charge is 2.41. The molecule has 1 aliphatic heterocycles. The number of fused-ring (bicyclic) bond motifs is 1. The number of ether oxygens (including phenoxy) is 1. The third-order valence-corrected chi connectivity index (χ3v) is 8.89. The van der Waals surface area contributed by atoms with Crippen molar-refractivity contribution in [3.8, 4) is 28.3 Å². The highest BCUT2D eigenvalue weighted by atomic mass is 35.5. The first kappa shape index (κ1) is 29.5. The number of carbonyl (C=O) groups is 2. The van der Waals surface area contributed by atoms with Crippen molar-refractivity contribution in [2.45, 2.75) is 25.8 Å². The molecule has 3 heterocycles. The van der Waals surface area contributed by atoms with Crippen molar-refractivity contribution < 1.29 is 23.8 Å². The Morgan fingerprint density at radius 2 is 1.91 bits per heavy atom. The van der Waals surface area contributed by atoms with E-state index in [1.165, 1.54) is 31.4 Å². The minimum Gasteiger partial charge on any atom is -0.481 e. The molecule has 2 N–H and O–H groups in total. The third kappa shape index (κ3) is 5.01. The van der Waals surface area contributed by atoms with Gasteiger partial charge >= 0.3 is 5.97 Å². The number of hydrogen-bond acceptors (Lipinski definition) is 7. The summed E-state index contributed by atoms with van der Waals surface area (Å²) in [5.74, 6) is -1.87. The molecule has 10 nitrogen and oxygen atoms in total. The van der Waals surface area contributed by atoms with Crippen molar-refractivity contribution in [2.75, 3.05) is 25.5 Å². The fourth-order valence-electron chi connectivity index (χ4n) is 6.10. The molecule has 0 saturated carbocycles. The molecule has 2 aliphatic rings. The van der Waals surface area contributed by atoms with Crippen molar-refractivity contribution in [2.24, 2.45) is 13.0 Å². The number of halogens is 2. The van der Waals surface area contributed by atoms with Crippen LogP contribution in [0.4, 0.5) is 10.1 Å². The van der Waals surface area contributed by atoms with E-state index in [2.05, 4.69) is 15.3 Å². The van der Waals surface area contributed by atoms with E-state index in [0.29, 0.717) is 47.0 Å². The summed E-state index contributed by atoms with van der Waals surface area (Å²) in [6, 6.07) is 11.3. The number of rotatable bonds is 7. The molecule has 226 valence electrons. The Kier molecular flexibility index (Phi) is 7.68. The first-order valence-corrected chi connectivity index (χ1v) is 14.4. The largest absolute Gasteiger partial charge is 0.481 e. The fourth-order valence-corrected chi connectivity index (χ4v) is 6.42. The number of benzene rings is 2. The molecule has 0 radical (unpaired) electrons. The Morgan fingerprint density at radius 1 is 1.16 bits per heavy atom. The number of aryl methyl sites for hydroxylation is 2. The minimum atomic E-state index is -0.784. The molecule has 4 aromatic rings. The lowest BCUT2D eigenvalue weighted by atomic mass is 9.94. The van der Waals surface area contributed by atoms with Crippen LogP contribution in [0.2, 0.25) is 5.02 Å². The van der Waals surface area contributed by atoms with Gasteiger partial charge in [-0.1, -0.05) is 29.8 Å². The van der Waals surface area contributed by atoms with Gasteiger partial charge in [-0.15, -0.1) is 0 Å². The second-order valence-electron chi connectivity index (χ2n) is 11.0. The van der Waals surface area contributed by atoms with Gasteiger partial charge < -0.3 is 15.2 Å². The number of methoxy groups -OCH3 is 1. The Bertz CT molecular complexity index is 1890. The van der Waals surface area contributed by atoms with Crippen LogP contribution in [0.25, 0.3) is 22.4 Å². The van der Waals surface area contributed by atoms with Crippen molar-refractivity contribution in [3.05, 3.63) is 92.1 Å². The van der Waals surface area contributed by atoms with Gasteiger partial charge in [0.2, 0.25) is 5.88 Å². The predicted octanol–water partition coefficient (Wildman–Crippen LogP) is 4.87. The van der Waals surface area contributed by atoms with Crippen LogP contribution < -0.4 is 15.6 Å². The van der Waals surface area contributed by atoms with E-state index in [0.717, 1.165) is 28.7 Å². The molecule has 1 unspecified atom stereocenters. The molecule has 2 aromatic heterocycles. The Labute approximate surface area is 257 Å². The Balaban J connectivity index is 1.35. The van der Waals surface area contributed by atoms with Crippen molar-refractivity contribution >= 4 is 29.2 Å². The third-order valence-electron chi connectivity index (χ3n) is 8.48. The Morgan fingerprint density at radius 3 is 2.64 bits per heavy atom. The molecule has 0 spiro atoms. The number of anilines is 1. The van der Waals surface area contributed by atoms with Crippen LogP contribution in [-0.4, -0.2) is 56.8 Å². The predicted molar refractivity (Wildman–Crippen MR) is 163 cm³/mol. The zero-order valence-corrected chi connectivity index (χ0v) is 25.0. The second kappa shape index (κ2) is 11.5. The van der Waals surface area contributed by atoms with Crippen LogP contribution in [0.3, 0.4) is 0 Å². The van der Waals surface area contributed by atoms with Gasteiger partial charge in [-0.05, 0) is 55.2 Å². The number of aromatic nitrogens is 3. The molecule has 0 bridgehead atoms. The number of amides is 1. The van der Waals surface area contributed by atoms with E-state index in [-0.39, 0.29) is 28.1 Å². The highest BCUT2D eigenvalue weighted by Crippen LogP contribution is 2.46. The van der Waals surface area contributed by atoms with Crippen LogP contribution >= 0.6 is 11.6 Å².